The van der Waals surface area contributed by atoms with Gasteiger partial charge in [0.25, 0.3) is 5.91 Å². The maximum atomic E-state index is 13.5. The van der Waals surface area contributed by atoms with Crippen LogP contribution in [0.2, 0.25) is 0 Å². The van der Waals surface area contributed by atoms with Gasteiger partial charge >= 0.3 is 0 Å². The Morgan fingerprint density at radius 3 is 2.43 bits per heavy atom. The van der Waals surface area contributed by atoms with Gasteiger partial charge in [-0.25, -0.2) is 8.78 Å². The first kappa shape index (κ1) is 15.3. The third-order valence-corrected chi connectivity index (χ3v) is 3.66. The van der Waals surface area contributed by atoms with Gasteiger partial charge < -0.3 is 14.4 Å². The van der Waals surface area contributed by atoms with Crippen molar-refractivity contribution in [3.63, 3.8) is 0 Å². The predicted octanol–water partition coefficient (Wildman–Crippen LogP) is 2.88. The van der Waals surface area contributed by atoms with Crippen LogP contribution in [0.15, 0.2) is 42.5 Å². The van der Waals surface area contributed by atoms with Crippen molar-refractivity contribution >= 4 is 5.91 Å². The molecule has 0 spiro atoms. The lowest BCUT2D eigenvalue weighted by atomic mass is 10.1. The third kappa shape index (κ3) is 3.26. The van der Waals surface area contributed by atoms with Crippen molar-refractivity contribution in [1.82, 2.24) is 4.90 Å². The van der Waals surface area contributed by atoms with Gasteiger partial charge in [0.05, 0.1) is 20.2 Å². The van der Waals surface area contributed by atoms with Crippen LogP contribution in [0.25, 0.3) is 0 Å². The molecule has 0 aliphatic carbocycles. The van der Waals surface area contributed by atoms with Crippen LogP contribution in [0.1, 0.15) is 10.4 Å². The molecule has 0 atom stereocenters. The average molecular weight is 319 g/mol. The first-order valence-corrected chi connectivity index (χ1v) is 7.12. The number of rotatable bonds is 4. The van der Waals surface area contributed by atoms with Crippen molar-refractivity contribution in [3.05, 3.63) is 59.7 Å². The molecule has 0 N–H and O–H groups in total. The zero-order valence-corrected chi connectivity index (χ0v) is 12.5. The van der Waals surface area contributed by atoms with Gasteiger partial charge in [-0.05, 0) is 36.4 Å². The van der Waals surface area contributed by atoms with Gasteiger partial charge in [-0.1, -0.05) is 0 Å². The smallest absolute Gasteiger partial charge is 0.254 e. The molecule has 1 aliphatic rings. The largest absolute Gasteiger partial charge is 0.497 e. The fraction of sp³-hybridized carbons (Fsp3) is 0.235. The highest BCUT2D eigenvalue weighted by molar-refractivity contribution is 5.94. The molecule has 0 aromatic heterocycles. The number of carbonyl (C=O) groups is 1. The number of hydrogen-bond acceptors (Lipinski definition) is 3. The van der Waals surface area contributed by atoms with E-state index < -0.39 is 11.6 Å². The van der Waals surface area contributed by atoms with E-state index in [1.54, 1.807) is 36.3 Å². The summed E-state index contributed by atoms with van der Waals surface area (Å²) in [4.78, 5) is 13.8. The van der Waals surface area contributed by atoms with E-state index in [1.807, 2.05) is 0 Å². The Labute approximate surface area is 132 Å². The molecule has 2 aromatic rings. The Bertz CT molecular complexity index is 712. The summed E-state index contributed by atoms with van der Waals surface area (Å²) >= 11 is 0. The van der Waals surface area contributed by atoms with E-state index in [-0.39, 0.29) is 17.8 Å². The van der Waals surface area contributed by atoms with Gasteiger partial charge in [-0.3, -0.25) is 4.79 Å². The van der Waals surface area contributed by atoms with Crippen molar-refractivity contribution in [2.45, 2.75) is 6.10 Å². The Hall–Kier alpha value is -2.63. The van der Waals surface area contributed by atoms with Gasteiger partial charge in [0, 0.05) is 11.6 Å². The van der Waals surface area contributed by atoms with Crippen molar-refractivity contribution < 1.29 is 23.0 Å². The minimum Gasteiger partial charge on any atom is -0.497 e. The zero-order valence-electron chi connectivity index (χ0n) is 12.5. The molecule has 6 heteroatoms. The maximum absolute atomic E-state index is 13.5. The average Bonchev–Trinajstić information content (AvgIpc) is 2.51. The molecule has 4 nitrogen and oxygen atoms in total. The Morgan fingerprint density at radius 1 is 1.13 bits per heavy atom. The van der Waals surface area contributed by atoms with E-state index in [0.29, 0.717) is 24.4 Å². The van der Waals surface area contributed by atoms with Gasteiger partial charge in [-0.2, -0.15) is 0 Å². The number of carbonyl (C=O) groups excluding carboxylic acids is 1. The van der Waals surface area contributed by atoms with Crippen LogP contribution in [0.4, 0.5) is 8.78 Å². The summed E-state index contributed by atoms with van der Waals surface area (Å²) in [5.74, 6) is -0.845. The van der Waals surface area contributed by atoms with Crippen molar-refractivity contribution in [2.24, 2.45) is 0 Å². The number of likely N-dealkylation sites (tertiary alicyclic amines) is 1. The molecule has 2 aromatic carbocycles. The number of halogens is 2. The first-order valence-electron chi connectivity index (χ1n) is 7.12. The summed E-state index contributed by atoms with van der Waals surface area (Å²) in [6.45, 7) is 0.726. The van der Waals surface area contributed by atoms with Crippen molar-refractivity contribution in [2.75, 3.05) is 20.2 Å². The quantitative estimate of drug-likeness (QED) is 0.870. The van der Waals surface area contributed by atoms with Gasteiger partial charge in [0.1, 0.15) is 17.7 Å². The Morgan fingerprint density at radius 2 is 1.83 bits per heavy atom. The molecule has 1 amide bonds. The highest BCUT2D eigenvalue weighted by Crippen LogP contribution is 2.23. The number of hydrogen-bond donors (Lipinski definition) is 0. The lowest BCUT2D eigenvalue weighted by Gasteiger charge is -2.39. The van der Waals surface area contributed by atoms with Gasteiger partial charge in [-0.15, -0.1) is 0 Å². The fourth-order valence-electron chi connectivity index (χ4n) is 2.35. The molecule has 120 valence electrons. The highest BCUT2D eigenvalue weighted by Gasteiger charge is 2.33. The number of ether oxygens (including phenoxy) is 2. The van der Waals surface area contributed by atoms with Crippen LogP contribution in [0.3, 0.4) is 0 Å². The number of benzene rings is 2. The number of methoxy groups -OCH3 is 1. The highest BCUT2D eigenvalue weighted by atomic mass is 19.1. The molecular weight excluding hydrogens is 304 g/mol. The van der Waals surface area contributed by atoms with Crippen LogP contribution >= 0.6 is 0 Å². The monoisotopic (exact) mass is 319 g/mol. The molecule has 0 bridgehead atoms. The Kier molecular flexibility index (Phi) is 4.14. The summed E-state index contributed by atoms with van der Waals surface area (Å²) in [5, 5.41) is 0. The molecule has 1 heterocycles. The van der Waals surface area contributed by atoms with E-state index in [0.717, 1.165) is 12.1 Å². The van der Waals surface area contributed by atoms with E-state index in [2.05, 4.69) is 0 Å². The SMILES string of the molecule is COc1ccc(C(=O)N2CC(Oc3ccc(F)cc3F)C2)cc1. The van der Waals surface area contributed by atoms with Crippen molar-refractivity contribution in [1.29, 1.82) is 0 Å². The predicted molar refractivity (Wildman–Crippen MR) is 79.7 cm³/mol. The molecule has 0 radical (unpaired) electrons. The molecule has 23 heavy (non-hydrogen) atoms. The maximum Gasteiger partial charge on any atom is 0.254 e. The normalized spacial score (nSPS) is 14.3. The summed E-state index contributed by atoms with van der Waals surface area (Å²) in [5.41, 5.74) is 0.553. The first-order chi connectivity index (χ1) is 11.1. The minimum absolute atomic E-state index is 0.00653. The van der Waals surface area contributed by atoms with Crippen LogP contribution in [-0.2, 0) is 0 Å². The molecule has 3 rings (SSSR count). The third-order valence-electron chi connectivity index (χ3n) is 3.66. The Balaban J connectivity index is 1.56. The second-order valence-electron chi connectivity index (χ2n) is 5.25. The standard InChI is InChI=1S/C17H15F2NO3/c1-22-13-5-2-11(3-6-13)17(21)20-9-14(10-20)23-16-7-4-12(18)8-15(16)19/h2-8,14H,9-10H2,1H3. The van der Waals surface area contributed by atoms with Crippen LogP contribution in [-0.4, -0.2) is 37.1 Å². The summed E-state index contributed by atoms with van der Waals surface area (Å²) in [6.07, 6.45) is -0.294. The summed E-state index contributed by atoms with van der Waals surface area (Å²) in [6, 6.07) is 9.97. The van der Waals surface area contributed by atoms with Crippen molar-refractivity contribution in [3.8, 4) is 11.5 Å². The van der Waals surface area contributed by atoms with Crippen LogP contribution < -0.4 is 9.47 Å². The topological polar surface area (TPSA) is 38.8 Å². The van der Waals surface area contributed by atoms with E-state index in [9.17, 15) is 13.6 Å². The van der Waals surface area contributed by atoms with E-state index in [1.165, 1.54) is 6.07 Å². The number of amides is 1. The molecule has 1 saturated heterocycles. The van der Waals surface area contributed by atoms with Crippen LogP contribution in [0.5, 0.6) is 11.5 Å². The molecular formula is C17H15F2NO3. The molecule has 0 saturated carbocycles. The lowest BCUT2D eigenvalue weighted by molar-refractivity contribution is 0.0163. The number of nitrogens with zero attached hydrogens (tertiary/aromatic N) is 1. The molecule has 0 unspecified atom stereocenters. The zero-order chi connectivity index (χ0) is 16.4. The van der Waals surface area contributed by atoms with Gasteiger partial charge in [0.15, 0.2) is 11.6 Å². The van der Waals surface area contributed by atoms with E-state index >= 15 is 0 Å². The minimum atomic E-state index is -0.745. The lowest BCUT2D eigenvalue weighted by Crippen LogP contribution is -2.56. The molecule has 1 aliphatic heterocycles. The fourth-order valence-corrected chi connectivity index (χ4v) is 2.35. The summed E-state index contributed by atoms with van der Waals surface area (Å²) in [7, 11) is 1.56. The second kappa shape index (κ2) is 6.24. The summed E-state index contributed by atoms with van der Waals surface area (Å²) < 4.78 is 36.8. The van der Waals surface area contributed by atoms with E-state index in [4.69, 9.17) is 9.47 Å². The van der Waals surface area contributed by atoms with Gasteiger partial charge in [0.2, 0.25) is 0 Å². The second-order valence-corrected chi connectivity index (χ2v) is 5.25. The molecule has 1 fully saturated rings. The van der Waals surface area contributed by atoms with Crippen LogP contribution in [0, 0.1) is 11.6 Å².